The van der Waals surface area contributed by atoms with Gasteiger partial charge in [0.2, 0.25) is 0 Å². The van der Waals surface area contributed by atoms with Gasteiger partial charge in [0.1, 0.15) is 0 Å². The summed E-state index contributed by atoms with van der Waals surface area (Å²) in [4.78, 5) is 15.2. The van der Waals surface area contributed by atoms with E-state index in [1.165, 1.54) is 12.5 Å². The van der Waals surface area contributed by atoms with Crippen LogP contribution in [0.4, 0.5) is 0 Å². The van der Waals surface area contributed by atoms with Gasteiger partial charge in [0, 0.05) is 20.8 Å². The first-order valence-electron chi connectivity index (χ1n) is 6.41. The molecule has 0 aliphatic heterocycles. The van der Waals surface area contributed by atoms with Crippen molar-refractivity contribution in [1.82, 2.24) is 0 Å². The third-order valence-electron chi connectivity index (χ3n) is 2.75. The van der Waals surface area contributed by atoms with E-state index in [-0.39, 0.29) is 5.78 Å². The fourth-order valence-corrected chi connectivity index (χ4v) is 1.80. The van der Waals surface area contributed by atoms with Crippen molar-refractivity contribution >= 4 is 11.5 Å². The van der Waals surface area contributed by atoms with Crippen LogP contribution >= 0.6 is 0 Å². The molecule has 0 aromatic heterocycles. The number of carbonyl (C=O) groups is 1. The molecule has 0 saturated heterocycles. The van der Waals surface area contributed by atoms with Crippen molar-refractivity contribution in [1.29, 1.82) is 0 Å². The van der Waals surface area contributed by atoms with Gasteiger partial charge in [0.15, 0.2) is 5.78 Å². The number of allylic oxidation sites excluding steroid dienone is 2. The molecule has 0 aliphatic carbocycles. The van der Waals surface area contributed by atoms with Crippen molar-refractivity contribution < 1.29 is 9.53 Å². The fraction of sp³-hybridized carbons (Fsp3) is 0.375. The zero-order chi connectivity index (χ0) is 14.1. The number of hydrogen-bond acceptors (Lipinski definition) is 3. The minimum absolute atomic E-state index is 0.0254. The molecule has 0 bridgehead atoms. The molecule has 0 unspecified atom stereocenters. The number of benzene rings is 1. The second kappa shape index (κ2) is 8.38. The average Bonchev–Trinajstić information content (AvgIpc) is 2.40. The number of carbonyl (C=O) groups excluding carboxylic acids is 1. The Morgan fingerprint density at radius 2 is 2.16 bits per heavy atom. The zero-order valence-corrected chi connectivity index (χ0v) is 11.8. The van der Waals surface area contributed by atoms with E-state index in [4.69, 9.17) is 4.74 Å². The molecule has 0 fully saturated rings. The van der Waals surface area contributed by atoms with Crippen LogP contribution in [0.2, 0.25) is 0 Å². The van der Waals surface area contributed by atoms with Crippen molar-refractivity contribution in [2.45, 2.75) is 19.8 Å². The fourth-order valence-electron chi connectivity index (χ4n) is 1.80. The number of aryl methyl sites for hydroxylation is 1. The van der Waals surface area contributed by atoms with Crippen LogP contribution in [0.1, 0.15) is 24.5 Å². The highest BCUT2D eigenvalue weighted by Crippen LogP contribution is 2.10. The molecule has 102 valence electrons. The molecule has 0 amide bonds. The highest BCUT2D eigenvalue weighted by Gasteiger charge is 2.01. The first kappa shape index (κ1) is 15.3. The van der Waals surface area contributed by atoms with E-state index in [2.05, 4.69) is 17.1 Å². The lowest BCUT2D eigenvalue weighted by molar-refractivity contribution is -0.112. The Morgan fingerprint density at radius 3 is 2.79 bits per heavy atom. The number of methoxy groups -OCH3 is 1. The molecule has 0 N–H and O–H groups in total. The van der Waals surface area contributed by atoms with Crippen LogP contribution in [0.3, 0.4) is 0 Å². The Labute approximate surface area is 115 Å². The van der Waals surface area contributed by atoms with Crippen LogP contribution in [0.5, 0.6) is 0 Å². The lowest BCUT2D eigenvalue weighted by Gasteiger charge is -2.05. The second-order valence-electron chi connectivity index (χ2n) is 4.35. The van der Waals surface area contributed by atoms with Crippen molar-refractivity contribution in [3.05, 3.63) is 47.5 Å². The van der Waals surface area contributed by atoms with Crippen LogP contribution in [0, 0.1) is 0 Å². The molecule has 1 rings (SSSR count). The third-order valence-corrected chi connectivity index (χ3v) is 2.75. The predicted octanol–water partition coefficient (Wildman–Crippen LogP) is 2.83. The Balaban J connectivity index is 2.81. The van der Waals surface area contributed by atoms with Crippen LogP contribution in [0.15, 0.2) is 41.4 Å². The minimum atomic E-state index is 0.0254. The van der Waals surface area contributed by atoms with Crippen LogP contribution in [-0.4, -0.2) is 32.3 Å². The standard InChI is InChI=1S/C16H21NO2/c1-13(18)9-10-16(17-2)15-8-4-6-14(12-15)7-5-11-19-3/h4,6,8-10,12H,5,7,11H2,1-3H3/b10-9-,17-16?. The number of ether oxygens (including phenoxy) is 1. The summed E-state index contributed by atoms with van der Waals surface area (Å²) in [5, 5.41) is 0. The van der Waals surface area contributed by atoms with Crippen LogP contribution < -0.4 is 0 Å². The summed E-state index contributed by atoms with van der Waals surface area (Å²) in [6.45, 7) is 2.30. The number of hydrogen-bond donors (Lipinski definition) is 0. The van der Waals surface area contributed by atoms with E-state index < -0.39 is 0 Å². The third kappa shape index (κ3) is 5.62. The van der Waals surface area contributed by atoms with Gasteiger partial charge in [0.05, 0.1) is 5.71 Å². The van der Waals surface area contributed by atoms with E-state index in [9.17, 15) is 4.79 Å². The smallest absolute Gasteiger partial charge is 0.152 e. The van der Waals surface area contributed by atoms with Gasteiger partial charge >= 0.3 is 0 Å². The quantitative estimate of drug-likeness (QED) is 0.429. The first-order chi connectivity index (χ1) is 9.17. The molecule has 0 heterocycles. The summed E-state index contributed by atoms with van der Waals surface area (Å²) in [5.41, 5.74) is 3.12. The van der Waals surface area contributed by atoms with E-state index in [0.29, 0.717) is 0 Å². The summed E-state index contributed by atoms with van der Waals surface area (Å²) in [5.74, 6) is 0.0254. The Morgan fingerprint density at radius 1 is 1.37 bits per heavy atom. The van der Waals surface area contributed by atoms with E-state index >= 15 is 0 Å². The van der Waals surface area contributed by atoms with E-state index in [1.807, 2.05) is 12.1 Å². The lowest BCUT2D eigenvalue weighted by Crippen LogP contribution is -2.00. The summed E-state index contributed by atoms with van der Waals surface area (Å²) < 4.78 is 5.05. The van der Waals surface area contributed by atoms with Gasteiger partial charge in [-0.25, -0.2) is 0 Å². The second-order valence-corrected chi connectivity index (χ2v) is 4.35. The van der Waals surface area contributed by atoms with Gasteiger partial charge in [-0.15, -0.1) is 0 Å². The summed E-state index contributed by atoms with van der Waals surface area (Å²) in [6, 6.07) is 8.24. The van der Waals surface area contributed by atoms with Gasteiger partial charge in [0.25, 0.3) is 0 Å². The van der Waals surface area contributed by atoms with Crippen molar-refractivity contribution in [2.75, 3.05) is 20.8 Å². The average molecular weight is 259 g/mol. The van der Waals surface area contributed by atoms with E-state index in [1.54, 1.807) is 26.3 Å². The predicted molar refractivity (Wildman–Crippen MR) is 78.9 cm³/mol. The summed E-state index contributed by atoms with van der Waals surface area (Å²) in [6.07, 6.45) is 5.29. The normalized spacial score (nSPS) is 12.1. The first-order valence-corrected chi connectivity index (χ1v) is 6.41. The molecule has 1 aromatic carbocycles. The number of ketones is 1. The minimum Gasteiger partial charge on any atom is -0.385 e. The molecule has 0 atom stereocenters. The lowest BCUT2D eigenvalue weighted by atomic mass is 10.0. The number of aliphatic imine (C=N–C) groups is 1. The van der Waals surface area contributed by atoms with Crippen molar-refractivity contribution in [3.63, 3.8) is 0 Å². The number of rotatable bonds is 7. The Bertz CT molecular complexity index is 475. The molecular weight excluding hydrogens is 238 g/mol. The Kier molecular flexibility index (Phi) is 6.75. The van der Waals surface area contributed by atoms with Gasteiger partial charge in [-0.05, 0) is 49.1 Å². The summed E-state index contributed by atoms with van der Waals surface area (Å²) >= 11 is 0. The zero-order valence-electron chi connectivity index (χ0n) is 11.8. The van der Waals surface area contributed by atoms with Gasteiger partial charge in [-0.2, -0.15) is 0 Å². The molecular formula is C16H21NO2. The molecule has 0 spiro atoms. The highest BCUT2D eigenvalue weighted by atomic mass is 16.5. The maximum atomic E-state index is 11.0. The maximum Gasteiger partial charge on any atom is 0.152 e. The van der Waals surface area contributed by atoms with Crippen molar-refractivity contribution in [3.8, 4) is 0 Å². The van der Waals surface area contributed by atoms with Crippen LogP contribution in [-0.2, 0) is 16.0 Å². The molecule has 1 aromatic rings. The molecule has 19 heavy (non-hydrogen) atoms. The molecule has 0 aliphatic rings. The maximum absolute atomic E-state index is 11.0. The monoisotopic (exact) mass is 259 g/mol. The largest absolute Gasteiger partial charge is 0.385 e. The topological polar surface area (TPSA) is 38.7 Å². The SMILES string of the molecule is CN=C(/C=C\C(C)=O)c1cccc(CCCOC)c1. The molecule has 3 nitrogen and oxygen atoms in total. The van der Waals surface area contributed by atoms with Gasteiger partial charge in [-0.3, -0.25) is 9.79 Å². The molecule has 0 saturated carbocycles. The molecule has 0 radical (unpaired) electrons. The molecule has 3 heteroatoms. The Hall–Kier alpha value is -1.74. The van der Waals surface area contributed by atoms with Gasteiger partial charge in [-0.1, -0.05) is 18.2 Å². The van der Waals surface area contributed by atoms with Gasteiger partial charge < -0.3 is 4.74 Å². The number of nitrogens with zero attached hydrogens (tertiary/aromatic N) is 1. The van der Waals surface area contributed by atoms with E-state index in [0.717, 1.165) is 30.7 Å². The summed E-state index contributed by atoms with van der Waals surface area (Å²) in [7, 11) is 3.45. The van der Waals surface area contributed by atoms with Crippen LogP contribution in [0.25, 0.3) is 0 Å². The van der Waals surface area contributed by atoms with Crippen molar-refractivity contribution in [2.24, 2.45) is 4.99 Å². The highest BCUT2D eigenvalue weighted by molar-refractivity contribution is 6.11.